The summed E-state index contributed by atoms with van der Waals surface area (Å²) in [5.41, 5.74) is 0. The van der Waals surface area contributed by atoms with Crippen molar-refractivity contribution in [2.45, 2.75) is 309 Å². The van der Waals surface area contributed by atoms with E-state index in [0.29, 0.717) is 19.3 Å². The molecule has 0 aromatic rings. The SMILES string of the molecule is CC/C=C\C/C=C\C/C=C\C/C=C\C/C=C\C/C=C\CCCCC(=O)OCC(COP(=O)(O)OCC(O)COP(=O)(O)OCC(O)COC(=O)CCCCCCCCCCCCC/C=C\C/C=C\C/C=C\C/C=C\CCCCC)OC(=O)CCCCCCCCC/C=C\C/C=C\C/C=C\CC. The number of carbonyl (C=O) groups excluding carboxylic acids is 3. The van der Waals surface area contributed by atoms with E-state index in [2.05, 4.69) is 179 Å². The van der Waals surface area contributed by atoms with Crippen molar-refractivity contribution in [1.29, 1.82) is 0 Å². The normalized spacial score (nSPS) is 14.9. The van der Waals surface area contributed by atoms with Crippen LogP contribution in [0.5, 0.6) is 0 Å². The van der Waals surface area contributed by atoms with Crippen LogP contribution in [0.1, 0.15) is 290 Å². The lowest BCUT2D eigenvalue weighted by atomic mass is 10.0. The number of phosphoric ester groups is 2. The molecule has 0 aliphatic rings. The van der Waals surface area contributed by atoms with Gasteiger partial charge in [-0.1, -0.05) is 281 Å². The Morgan fingerprint density at radius 2 is 0.525 bits per heavy atom. The molecule has 5 unspecified atom stereocenters. The summed E-state index contributed by atoms with van der Waals surface area (Å²) >= 11 is 0. The number of phosphoric acid groups is 2. The van der Waals surface area contributed by atoms with E-state index in [-0.39, 0.29) is 19.3 Å². The molecule has 0 radical (unpaired) electrons. The highest BCUT2D eigenvalue weighted by molar-refractivity contribution is 7.47. The number of hydrogen-bond acceptors (Lipinski definition) is 14. The second kappa shape index (κ2) is 74.9. The van der Waals surface area contributed by atoms with E-state index < -0.39 is 91.5 Å². The lowest BCUT2D eigenvalue weighted by molar-refractivity contribution is -0.161. The zero-order valence-corrected chi connectivity index (χ0v) is 64.6. The highest BCUT2D eigenvalue weighted by Crippen LogP contribution is 2.45. The number of esters is 3. The summed E-state index contributed by atoms with van der Waals surface area (Å²) in [6.45, 7) is 2.35. The van der Waals surface area contributed by atoms with Gasteiger partial charge in [-0.3, -0.25) is 32.5 Å². The minimum Gasteiger partial charge on any atom is -0.463 e. The molecule has 16 nitrogen and oxygen atoms in total. The molecule has 0 saturated carbocycles. The molecule has 0 rings (SSSR count). The van der Waals surface area contributed by atoms with Crippen molar-refractivity contribution in [3.8, 4) is 0 Å². The summed E-state index contributed by atoms with van der Waals surface area (Å²) < 4.78 is 61.1. The first-order chi connectivity index (χ1) is 49.2. The monoisotopic (exact) mass is 1450 g/mol. The van der Waals surface area contributed by atoms with Gasteiger partial charge in [0.15, 0.2) is 6.10 Å². The molecule has 5 atom stereocenters. The van der Waals surface area contributed by atoms with E-state index in [9.17, 15) is 43.5 Å². The molecular formula is C83H138O16P2. The van der Waals surface area contributed by atoms with Gasteiger partial charge >= 0.3 is 33.6 Å². The minimum absolute atomic E-state index is 0.0778. The van der Waals surface area contributed by atoms with Crippen LogP contribution in [0.4, 0.5) is 0 Å². The molecule has 0 heterocycles. The van der Waals surface area contributed by atoms with E-state index >= 15 is 0 Å². The first-order valence-electron chi connectivity index (χ1n) is 38.8. The summed E-state index contributed by atoms with van der Waals surface area (Å²) in [5, 5.41) is 20.6. The third kappa shape index (κ3) is 76.1. The second-order valence-corrected chi connectivity index (χ2v) is 28.3. The Balaban J connectivity index is 4.65. The maximum Gasteiger partial charge on any atom is 0.472 e. The fourth-order valence-electron chi connectivity index (χ4n) is 9.87. The Kier molecular flexibility index (Phi) is 71.3. The molecule has 0 aromatic heterocycles. The van der Waals surface area contributed by atoms with Crippen LogP contribution in [0, 0.1) is 0 Å². The summed E-state index contributed by atoms with van der Waals surface area (Å²) in [6.07, 6.45) is 92.9. The van der Waals surface area contributed by atoms with Gasteiger partial charge in [0.25, 0.3) is 0 Å². The van der Waals surface area contributed by atoms with Crippen molar-refractivity contribution < 1.29 is 75.8 Å². The molecule has 0 aliphatic heterocycles. The quantitative estimate of drug-likeness (QED) is 0.0146. The maximum absolute atomic E-state index is 13.0. The Labute approximate surface area is 612 Å². The van der Waals surface area contributed by atoms with E-state index in [1.807, 2.05) is 0 Å². The number of carbonyl (C=O) groups is 3. The van der Waals surface area contributed by atoms with E-state index in [1.165, 1.54) is 70.6 Å². The molecular weight excluding hydrogens is 1310 g/mol. The molecule has 101 heavy (non-hydrogen) atoms. The summed E-state index contributed by atoms with van der Waals surface area (Å²) in [4.78, 5) is 58.6. The topological polar surface area (TPSA) is 231 Å². The molecule has 0 aromatic carbocycles. The zero-order chi connectivity index (χ0) is 73.7. The molecule has 0 amide bonds. The zero-order valence-electron chi connectivity index (χ0n) is 62.8. The van der Waals surface area contributed by atoms with Gasteiger partial charge < -0.3 is 34.2 Å². The summed E-state index contributed by atoms with van der Waals surface area (Å²) in [5.74, 6) is -1.65. The molecule has 4 N–H and O–H groups in total. The molecule has 0 spiro atoms. The number of allylic oxidation sites excluding steroid dienone is 26. The first-order valence-corrected chi connectivity index (χ1v) is 41.8. The van der Waals surface area contributed by atoms with Crippen LogP contribution in [0.15, 0.2) is 158 Å². The molecule has 0 bridgehead atoms. The third-order valence-corrected chi connectivity index (χ3v) is 17.6. The molecule has 0 aliphatic carbocycles. The van der Waals surface area contributed by atoms with Gasteiger partial charge in [-0.25, -0.2) is 9.13 Å². The largest absolute Gasteiger partial charge is 0.472 e. The van der Waals surface area contributed by atoms with Gasteiger partial charge in [-0.2, -0.15) is 0 Å². The summed E-state index contributed by atoms with van der Waals surface area (Å²) in [7, 11) is -9.82. The minimum atomic E-state index is -4.95. The van der Waals surface area contributed by atoms with Gasteiger partial charge in [0.2, 0.25) is 0 Å². The Morgan fingerprint density at radius 1 is 0.287 bits per heavy atom. The van der Waals surface area contributed by atoms with Gasteiger partial charge in [-0.15, -0.1) is 0 Å². The van der Waals surface area contributed by atoms with Crippen LogP contribution < -0.4 is 0 Å². The predicted molar refractivity (Wildman–Crippen MR) is 417 cm³/mol. The first kappa shape index (κ1) is 96.2. The number of ether oxygens (including phenoxy) is 3. The predicted octanol–water partition coefficient (Wildman–Crippen LogP) is 22.6. The van der Waals surface area contributed by atoms with Crippen LogP contribution in [0.25, 0.3) is 0 Å². The highest BCUT2D eigenvalue weighted by Gasteiger charge is 2.29. The number of hydrogen-bond donors (Lipinski definition) is 4. The van der Waals surface area contributed by atoms with Gasteiger partial charge in [-0.05, 0) is 148 Å². The van der Waals surface area contributed by atoms with Crippen molar-refractivity contribution in [3.63, 3.8) is 0 Å². The lowest BCUT2D eigenvalue weighted by Gasteiger charge is -2.21. The van der Waals surface area contributed by atoms with Crippen molar-refractivity contribution >= 4 is 33.6 Å². The van der Waals surface area contributed by atoms with Gasteiger partial charge in [0.1, 0.15) is 25.4 Å². The third-order valence-electron chi connectivity index (χ3n) is 15.7. The standard InChI is InChI=1S/C83H138O16P2/c1-4-7-10-13-16-19-22-25-28-31-33-35-36-37-38-39-40-42-44-46-48-51-54-57-60-63-66-69-81(86)93-72-78(84)73-95-100(89,90)96-74-79(85)75-97-101(91,92)98-77-80(99-83(88)71-68-65-62-59-56-53-50-45-30-27-24-21-18-15-12-9-6-3)76-94-82(87)70-67-64-61-58-55-52-49-47-43-41-34-32-29-26-23-20-17-14-11-8-5-2/h8-9,11-12,16-21,25-30,33-35,37-38,41,47,49,55,58,78-80,84-85H,4-7,10,13-15,22-24,31-32,36,39-40,42-46,48,50-54,56-57,59-77H2,1-3H3,(H,89,90)(H,91,92)/b11-8-,12-9-,19-16-,20-17-,21-18-,28-25-,29-26-,30-27-,35-33-,38-37-,41-34-,49-47-,58-55-. The smallest absolute Gasteiger partial charge is 0.463 e. The average Bonchev–Trinajstić information content (AvgIpc) is 0.961. The lowest BCUT2D eigenvalue weighted by Crippen LogP contribution is -2.30. The van der Waals surface area contributed by atoms with Gasteiger partial charge in [0.05, 0.1) is 26.4 Å². The fraction of sp³-hybridized carbons (Fsp3) is 0.651. The number of rotatable bonds is 72. The van der Waals surface area contributed by atoms with Crippen molar-refractivity contribution in [2.24, 2.45) is 0 Å². The fourth-order valence-corrected chi connectivity index (χ4v) is 11.5. The second-order valence-electron chi connectivity index (χ2n) is 25.4. The van der Waals surface area contributed by atoms with Crippen molar-refractivity contribution in [3.05, 3.63) is 158 Å². The Morgan fingerprint density at radius 3 is 0.851 bits per heavy atom. The average molecular weight is 1450 g/mol. The molecule has 0 saturated heterocycles. The molecule has 18 heteroatoms. The highest BCUT2D eigenvalue weighted by atomic mass is 31.2. The van der Waals surface area contributed by atoms with Gasteiger partial charge in [0, 0.05) is 19.3 Å². The van der Waals surface area contributed by atoms with E-state index in [4.69, 9.17) is 32.3 Å². The van der Waals surface area contributed by atoms with Crippen LogP contribution in [0.3, 0.4) is 0 Å². The number of unbranched alkanes of at least 4 members (excludes halogenated alkanes) is 23. The molecule has 0 fully saturated rings. The van der Waals surface area contributed by atoms with E-state index in [0.717, 1.165) is 161 Å². The van der Waals surface area contributed by atoms with Crippen LogP contribution in [-0.2, 0) is 55.8 Å². The van der Waals surface area contributed by atoms with Crippen LogP contribution in [0.2, 0.25) is 0 Å². The summed E-state index contributed by atoms with van der Waals surface area (Å²) in [6, 6.07) is 0. The number of aliphatic hydroxyl groups excluding tert-OH is 2. The van der Waals surface area contributed by atoms with Crippen molar-refractivity contribution in [2.75, 3.05) is 39.6 Å². The van der Waals surface area contributed by atoms with Crippen molar-refractivity contribution in [1.82, 2.24) is 0 Å². The van der Waals surface area contributed by atoms with E-state index in [1.54, 1.807) is 0 Å². The number of aliphatic hydroxyl groups is 2. The maximum atomic E-state index is 13.0. The Hall–Kier alpha value is -4.83. The van der Waals surface area contributed by atoms with Crippen LogP contribution in [-0.4, -0.2) is 95.9 Å². The Bertz CT molecular complexity index is 2470. The van der Waals surface area contributed by atoms with Crippen LogP contribution >= 0.6 is 15.6 Å². The molecule has 576 valence electrons.